The average molecular weight is 396 g/mol. The molecule has 0 fully saturated rings. The number of likely N-dealkylation sites (N-methyl/N-ethyl adjacent to an activating group) is 1. The van der Waals surface area contributed by atoms with Crippen LogP contribution in [0.3, 0.4) is 0 Å². The Morgan fingerprint density at radius 3 is 1.90 bits per heavy atom. The van der Waals surface area contributed by atoms with Crippen molar-refractivity contribution in [2.45, 2.75) is 26.4 Å². The summed E-state index contributed by atoms with van der Waals surface area (Å²) >= 11 is 0. The van der Waals surface area contributed by atoms with Gasteiger partial charge < -0.3 is 14.4 Å². The topological polar surface area (TPSA) is 48.6 Å². The largest absolute Gasteiger partial charge is 0.492 e. The van der Waals surface area contributed by atoms with Crippen LogP contribution in [-0.4, -0.2) is 47.4 Å². The molecule has 0 aliphatic rings. The summed E-state index contributed by atoms with van der Waals surface area (Å²) in [5.74, 6) is 1.60. The minimum atomic E-state index is -0.123. The van der Waals surface area contributed by atoms with Crippen LogP contribution in [0.15, 0.2) is 65.7 Å². The zero-order valence-corrected chi connectivity index (χ0v) is 17.5. The van der Waals surface area contributed by atoms with Crippen LogP contribution < -0.4 is 15.2 Å². The Labute approximate surface area is 171 Å². The van der Waals surface area contributed by atoms with Gasteiger partial charge in [-0.3, -0.25) is 9.13 Å². The number of imidazole rings is 1. The minimum Gasteiger partial charge on any atom is -0.492 e. The lowest BCUT2D eigenvalue weighted by Gasteiger charge is -2.12. The SMILES string of the molecule is CCC(C)Oc1ccc(-n2ccn(-c3ccc(OCCN(C)C)cc3)c2=O)cc1. The molecule has 0 saturated carbocycles. The van der Waals surface area contributed by atoms with Crippen molar-refractivity contribution in [1.29, 1.82) is 0 Å². The summed E-state index contributed by atoms with van der Waals surface area (Å²) in [7, 11) is 4.02. The molecule has 0 bridgehead atoms. The van der Waals surface area contributed by atoms with E-state index in [2.05, 4.69) is 11.8 Å². The Kier molecular flexibility index (Phi) is 6.77. The maximum Gasteiger partial charge on any atom is 0.337 e. The van der Waals surface area contributed by atoms with E-state index in [-0.39, 0.29) is 11.8 Å². The second-order valence-electron chi connectivity index (χ2n) is 7.30. The Morgan fingerprint density at radius 2 is 1.41 bits per heavy atom. The number of nitrogens with zero attached hydrogens (tertiary/aromatic N) is 3. The molecular weight excluding hydrogens is 366 g/mol. The summed E-state index contributed by atoms with van der Waals surface area (Å²) in [6.07, 6.45) is 4.66. The molecule has 0 spiro atoms. The number of benzene rings is 2. The van der Waals surface area contributed by atoms with Crippen molar-refractivity contribution in [3.05, 3.63) is 71.4 Å². The molecule has 6 nitrogen and oxygen atoms in total. The third-order valence-corrected chi connectivity index (χ3v) is 4.73. The van der Waals surface area contributed by atoms with Crippen LogP contribution in [-0.2, 0) is 0 Å². The van der Waals surface area contributed by atoms with Gasteiger partial charge in [-0.1, -0.05) is 6.92 Å². The van der Waals surface area contributed by atoms with Crippen LogP contribution in [0.4, 0.5) is 0 Å². The van der Waals surface area contributed by atoms with E-state index in [9.17, 15) is 4.79 Å². The molecule has 0 aliphatic carbocycles. The van der Waals surface area contributed by atoms with Crippen molar-refractivity contribution >= 4 is 0 Å². The van der Waals surface area contributed by atoms with Crippen molar-refractivity contribution in [1.82, 2.24) is 14.0 Å². The molecule has 0 aliphatic heterocycles. The number of rotatable bonds is 9. The molecule has 3 rings (SSSR count). The molecule has 0 radical (unpaired) electrons. The zero-order valence-electron chi connectivity index (χ0n) is 17.5. The second kappa shape index (κ2) is 9.47. The van der Waals surface area contributed by atoms with E-state index < -0.39 is 0 Å². The normalized spacial score (nSPS) is 12.2. The van der Waals surface area contributed by atoms with Crippen LogP contribution in [0.2, 0.25) is 0 Å². The summed E-state index contributed by atoms with van der Waals surface area (Å²) in [6, 6.07) is 15.1. The average Bonchev–Trinajstić information content (AvgIpc) is 3.10. The van der Waals surface area contributed by atoms with Crippen LogP contribution >= 0.6 is 0 Å². The molecule has 1 heterocycles. The van der Waals surface area contributed by atoms with E-state index >= 15 is 0 Å². The van der Waals surface area contributed by atoms with Gasteiger partial charge >= 0.3 is 5.69 Å². The number of ether oxygens (including phenoxy) is 2. The van der Waals surface area contributed by atoms with Gasteiger partial charge in [0.2, 0.25) is 0 Å². The lowest BCUT2D eigenvalue weighted by Crippen LogP contribution is -2.21. The molecule has 2 aromatic carbocycles. The van der Waals surface area contributed by atoms with Gasteiger partial charge in [0.05, 0.1) is 17.5 Å². The first kappa shape index (κ1) is 20.7. The first-order valence-corrected chi connectivity index (χ1v) is 9.93. The molecule has 29 heavy (non-hydrogen) atoms. The Morgan fingerprint density at radius 1 is 0.897 bits per heavy atom. The first-order chi connectivity index (χ1) is 14.0. The highest BCUT2D eigenvalue weighted by Crippen LogP contribution is 2.18. The first-order valence-electron chi connectivity index (χ1n) is 9.93. The second-order valence-corrected chi connectivity index (χ2v) is 7.30. The van der Waals surface area contributed by atoms with Gasteiger partial charge in [-0.05, 0) is 76.0 Å². The fraction of sp³-hybridized carbons (Fsp3) is 0.348. The molecule has 0 amide bonds. The maximum absolute atomic E-state index is 12.9. The van der Waals surface area contributed by atoms with E-state index in [1.54, 1.807) is 21.5 Å². The molecule has 154 valence electrons. The van der Waals surface area contributed by atoms with Crippen molar-refractivity contribution < 1.29 is 9.47 Å². The predicted molar refractivity (Wildman–Crippen MR) is 116 cm³/mol. The molecule has 0 saturated heterocycles. The summed E-state index contributed by atoms with van der Waals surface area (Å²) in [5.41, 5.74) is 1.47. The Balaban J connectivity index is 1.73. The van der Waals surface area contributed by atoms with Crippen molar-refractivity contribution in [2.24, 2.45) is 0 Å². The van der Waals surface area contributed by atoms with Crippen LogP contribution in [0.1, 0.15) is 20.3 Å². The van der Waals surface area contributed by atoms with Crippen molar-refractivity contribution in [3.8, 4) is 22.9 Å². The van der Waals surface area contributed by atoms with E-state index in [0.717, 1.165) is 35.8 Å². The van der Waals surface area contributed by atoms with Gasteiger partial charge in [-0.25, -0.2) is 4.79 Å². The monoisotopic (exact) mass is 395 g/mol. The highest BCUT2D eigenvalue weighted by molar-refractivity contribution is 5.40. The Hall–Kier alpha value is -2.99. The number of aromatic nitrogens is 2. The van der Waals surface area contributed by atoms with E-state index in [1.807, 2.05) is 69.6 Å². The highest BCUT2D eigenvalue weighted by Gasteiger charge is 2.08. The summed E-state index contributed by atoms with van der Waals surface area (Å²) in [4.78, 5) is 14.9. The third kappa shape index (κ3) is 5.29. The molecule has 1 aromatic heterocycles. The summed E-state index contributed by atoms with van der Waals surface area (Å²) in [5, 5.41) is 0. The summed E-state index contributed by atoms with van der Waals surface area (Å²) < 4.78 is 14.8. The lowest BCUT2D eigenvalue weighted by molar-refractivity contribution is 0.217. The van der Waals surface area contributed by atoms with Gasteiger partial charge in [-0.2, -0.15) is 0 Å². The van der Waals surface area contributed by atoms with Crippen LogP contribution in [0.5, 0.6) is 11.5 Å². The number of hydrogen-bond donors (Lipinski definition) is 0. The van der Waals surface area contributed by atoms with Gasteiger partial charge in [-0.15, -0.1) is 0 Å². The van der Waals surface area contributed by atoms with Gasteiger partial charge in [0.1, 0.15) is 18.1 Å². The minimum absolute atomic E-state index is 0.123. The van der Waals surface area contributed by atoms with Gasteiger partial charge in [0, 0.05) is 18.9 Å². The lowest BCUT2D eigenvalue weighted by atomic mass is 10.3. The van der Waals surface area contributed by atoms with Gasteiger partial charge in [0.25, 0.3) is 0 Å². The fourth-order valence-corrected chi connectivity index (χ4v) is 2.82. The maximum atomic E-state index is 12.9. The molecule has 0 N–H and O–H groups in total. The third-order valence-electron chi connectivity index (χ3n) is 4.73. The van der Waals surface area contributed by atoms with Crippen LogP contribution in [0, 0.1) is 0 Å². The van der Waals surface area contributed by atoms with Crippen molar-refractivity contribution in [2.75, 3.05) is 27.2 Å². The molecular formula is C23H29N3O3. The highest BCUT2D eigenvalue weighted by atomic mass is 16.5. The van der Waals surface area contributed by atoms with Crippen LogP contribution in [0.25, 0.3) is 11.4 Å². The molecule has 1 unspecified atom stereocenters. The fourth-order valence-electron chi connectivity index (χ4n) is 2.82. The molecule has 6 heteroatoms. The van der Waals surface area contributed by atoms with Gasteiger partial charge in [0.15, 0.2) is 0 Å². The van der Waals surface area contributed by atoms with E-state index in [1.165, 1.54) is 0 Å². The standard InChI is InChI=1S/C23H29N3O3/c1-5-18(2)29-22-12-8-20(9-13-22)26-15-14-25(23(26)27)19-6-10-21(11-7-19)28-17-16-24(3)4/h6-15,18H,5,16-17H2,1-4H3. The van der Waals surface area contributed by atoms with Crippen molar-refractivity contribution in [3.63, 3.8) is 0 Å². The molecule has 3 aromatic rings. The summed E-state index contributed by atoms with van der Waals surface area (Å²) in [6.45, 7) is 5.60. The predicted octanol–water partition coefficient (Wildman–Crippen LogP) is 3.75. The Bertz CT molecular complexity index is 956. The van der Waals surface area contributed by atoms with E-state index in [0.29, 0.717) is 6.61 Å². The quantitative estimate of drug-likeness (QED) is 0.554. The number of hydrogen-bond acceptors (Lipinski definition) is 4. The van der Waals surface area contributed by atoms with E-state index in [4.69, 9.17) is 9.47 Å². The smallest absolute Gasteiger partial charge is 0.337 e. The zero-order chi connectivity index (χ0) is 20.8. The molecule has 1 atom stereocenters.